The van der Waals surface area contributed by atoms with Gasteiger partial charge in [0.15, 0.2) is 0 Å². The van der Waals surface area contributed by atoms with E-state index in [0.29, 0.717) is 12.0 Å². The van der Waals surface area contributed by atoms with Crippen molar-refractivity contribution >= 4 is 5.97 Å². The summed E-state index contributed by atoms with van der Waals surface area (Å²) in [5, 5.41) is 12.1. The van der Waals surface area contributed by atoms with Crippen LogP contribution in [0.3, 0.4) is 0 Å². The number of hydrogen-bond acceptors (Lipinski definition) is 3. The molecule has 88 valence electrons. The van der Waals surface area contributed by atoms with E-state index in [-0.39, 0.29) is 6.04 Å². The predicted octanol–water partition coefficient (Wildman–Crippen LogP) is 1.25. The number of aliphatic carboxylic acids is 1. The largest absolute Gasteiger partial charge is 0.480 e. The normalized spacial score (nSPS) is 28.7. The molecule has 1 aliphatic rings. The third-order valence-electron chi connectivity index (χ3n) is 3.19. The Hall–Kier alpha value is -0.610. The van der Waals surface area contributed by atoms with Crippen molar-refractivity contribution in [3.8, 4) is 0 Å². The van der Waals surface area contributed by atoms with Crippen LogP contribution in [-0.2, 0) is 9.53 Å². The van der Waals surface area contributed by atoms with Crippen molar-refractivity contribution in [1.82, 2.24) is 5.32 Å². The Morgan fingerprint density at radius 2 is 2.33 bits per heavy atom. The molecule has 15 heavy (non-hydrogen) atoms. The van der Waals surface area contributed by atoms with E-state index in [4.69, 9.17) is 9.84 Å². The number of nitrogens with one attached hydrogen (secondary N) is 1. The van der Waals surface area contributed by atoms with Crippen molar-refractivity contribution in [2.45, 2.75) is 44.7 Å². The van der Waals surface area contributed by atoms with Crippen LogP contribution in [0.4, 0.5) is 0 Å². The van der Waals surface area contributed by atoms with Crippen LogP contribution in [0.15, 0.2) is 0 Å². The summed E-state index contributed by atoms with van der Waals surface area (Å²) in [7, 11) is 1.70. The van der Waals surface area contributed by atoms with Crippen molar-refractivity contribution in [3.05, 3.63) is 0 Å². The molecule has 0 aromatic carbocycles. The third kappa shape index (κ3) is 3.80. The van der Waals surface area contributed by atoms with Crippen LogP contribution in [0.5, 0.6) is 0 Å². The molecule has 0 amide bonds. The van der Waals surface area contributed by atoms with Gasteiger partial charge in [-0.05, 0) is 31.6 Å². The van der Waals surface area contributed by atoms with E-state index in [2.05, 4.69) is 12.2 Å². The number of methoxy groups -OCH3 is 1. The molecule has 1 rings (SSSR count). The van der Waals surface area contributed by atoms with Gasteiger partial charge in [-0.1, -0.05) is 6.92 Å². The Bertz CT molecular complexity index is 208. The van der Waals surface area contributed by atoms with Gasteiger partial charge in [0, 0.05) is 19.8 Å². The highest BCUT2D eigenvalue weighted by molar-refractivity contribution is 5.73. The van der Waals surface area contributed by atoms with Gasteiger partial charge in [0.25, 0.3) is 0 Å². The first-order valence-corrected chi connectivity index (χ1v) is 5.63. The molecule has 0 aromatic heterocycles. The van der Waals surface area contributed by atoms with Crippen molar-refractivity contribution in [2.75, 3.05) is 13.7 Å². The second-order valence-electron chi connectivity index (χ2n) is 4.35. The average molecular weight is 215 g/mol. The molecule has 0 saturated carbocycles. The molecule has 0 bridgehead atoms. The first kappa shape index (κ1) is 12.5. The number of rotatable bonds is 5. The highest BCUT2D eigenvalue weighted by atomic mass is 16.5. The smallest absolute Gasteiger partial charge is 0.320 e. The Morgan fingerprint density at radius 1 is 1.60 bits per heavy atom. The van der Waals surface area contributed by atoms with Crippen LogP contribution in [0.1, 0.15) is 32.6 Å². The zero-order chi connectivity index (χ0) is 11.3. The molecule has 0 aliphatic carbocycles. The second kappa shape index (κ2) is 6.08. The van der Waals surface area contributed by atoms with Gasteiger partial charge in [-0.15, -0.1) is 0 Å². The number of carboxylic acids is 1. The molecule has 2 N–H and O–H groups in total. The summed E-state index contributed by atoms with van der Waals surface area (Å²) in [4.78, 5) is 10.8. The highest BCUT2D eigenvalue weighted by Gasteiger charge is 2.28. The standard InChI is InChI=1S/C11H21NO3/c1-8(6-7-15-2)9-4-3-5-10(12-9)11(13)14/h8-10,12H,3-7H2,1-2H3,(H,13,14). The first-order chi connectivity index (χ1) is 7.15. The maximum Gasteiger partial charge on any atom is 0.320 e. The molecular weight excluding hydrogens is 194 g/mol. The van der Waals surface area contributed by atoms with Crippen LogP contribution in [0.2, 0.25) is 0 Å². The molecule has 4 heteroatoms. The van der Waals surface area contributed by atoms with Gasteiger partial charge in [0.1, 0.15) is 6.04 Å². The molecule has 0 radical (unpaired) electrons. The summed E-state index contributed by atoms with van der Waals surface area (Å²) in [6.07, 6.45) is 3.82. The van der Waals surface area contributed by atoms with Gasteiger partial charge in [0.2, 0.25) is 0 Å². The summed E-state index contributed by atoms with van der Waals surface area (Å²) >= 11 is 0. The summed E-state index contributed by atoms with van der Waals surface area (Å²) < 4.78 is 5.03. The van der Waals surface area contributed by atoms with Crippen molar-refractivity contribution in [1.29, 1.82) is 0 Å². The molecule has 1 heterocycles. The molecule has 0 aromatic rings. The minimum atomic E-state index is -0.723. The van der Waals surface area contributed by atoms with Gasteiger partial charge in [-0.25, -0.2) is 0 Å². The summed E-state index contributed by atoms with van der Waals surface area (Å²) in [5.74, 6) is -0.245. The maximum absolute atomic E-state index is 10.8. The SMILES string of the molecule is COCCC(C)C1CCCC(C(=O)O)N1. The Labute approximate surface area is 91.0 Å². The maximum atomic E-state index is 10.8. The van der Waals surface area contributed by atoms with Crippen LogP contribution >= 0.6 is 0 Å². The number of ether oxygens (including phenoxy) is 1. The molecule has 1 fully saturated rings. The van der Waals surface area contributed by atoms with Crippen molar-refractivity contribution in [2.24, 2.45) is 5.92 Å². The molecular formula is C11H21NO3. The quantitative estimate of drug-likeness (QED) is 0.724. The fourth-order valence-corrected chi connectivity index (χ4v) is 2.12. The molecule has 4 nitrogen and oxygen atoms in total. The zero-order valence-electron chi connectivity index (χ0n) is 9.53. The minimum Gasteiger partial charge on any atom is -0.480 e. The summed E-state index contributed by atoms with van der Waals surface area (Å²) in [6, 6.07) is -0.0243. The minimum absolute atomic E-state index is 0.329. The predicted molar refractivity (Wildman–Crippen MR) is 57.9 cm³/mol. The second-order valence-corrected chi connectivity index (χ2v) is 4.35. The van der Waals surface area contributed by atoms with E-state index in [1.54, 1.807) is 7.11 Å². The third-order valence-corrected chi connectivity index (χ3v) is 3.19. The Kier molecular flexibility index (Phi) is 5.05. The average Bonchev–Trinajstić information content (AvgIpc) is 2.26. The van der Waals surface area contributed by atoms with Gasteiger partial charge in [-0.2, -0.15) is 0 Å². The van der Waals surface area contributed by atoms with E-state index in [0.717, 1.165) is 32.3 Å². The molecule has 3 atom stereocenters. The van der Waals surface area contributed by atoms with E-state index < -0.39 is 5.97 Å². The number of carboxylic acid groups (broad SMARTS) is 1. The van der Waals surface area contributed by atoms with Crippen molar-refractivity contribution < 1.29 is 14.6 Å². The fraction of sp³-hybridized carbons (Fsp3) is 0.909. The first-order valence-electron chi connectivity index (χ1n) is 5.63. The lowest BCUT2D eigenvalue weighted by atomic mass is 9.89. The highest BCUT2D eigenvalue weighted by Crippen LogP contribution is 2.20. The zero-order valence-corrected chi connectivity index (χ0v) is 9.53. The Balaban J connectivity index is 2.37. The lowest BCUT2D eigenvalue weighted by molar-refractivity contribution is -0.140. The lowest BCUT2D eigenvalue weighted by Gasteiger charge is -2.32. The topological polar surface area (TPSA) is 58.6 Å². The van der Waals surface area contributed by atoms with E-state index in [9.17, 15) is 4.79 Å². The fourth-order valence-electron chi connectivity index (χ4n) is 2.12. The van der Waals surface area contributed by atoms with Crippen LogP contribution in [0.25, 0.3) is 0 Å². The number of hydrogen-bond donors (Lipinski definition) is 2. The number of piperidine rings is 1. The van der Waals surface area contributed by atoms with E-state index >= 15 is 0 Å². The monoisotopic (exact) mass is 215 g/mol. The van der Waals surface area contributed by atoms with E-state index in [1.807, 2.05) is 0 Å². The van der Waals surface area contributed by atoms with Crippen LogP contribution in [-0.4, -0.2) is 36.9 Å². The van der Waals surface area contributed by atoms with E-state index in [1.165, 1.54) is 0 Å². The van der Waals surface area contributed by atoms with Crippen LogP contribution in [0, 0.1) is 5.92 Å². The van der Waals surface area contributed by atoms with Gasteiger partial charge < -0.3 is 15.2 Å². The van der Waals surface area contributed by atoms with Gasteiger partial charge in [0.05, 0.1) is 0 Å². The summed E-state index contributed by atoms with van der Waals surface area (Å²) in [6.45, 7) is 2.90. The number of carbonyl (C=O) groups is 1. The van der Waals surface area contributed by atoms with Gasteiger partial charge >= 0.3 is 5.97 Å². The molecule has 1 saturated heterocycles. The molecule has 1 aliphatic heterocycles. The van der Waals surface area contributed by atoms with Gasteiger partial charge in [-0.3, -0.25) is 4.79 Å². The molecule has 0 spiro atoms. The Morgan fingerprint density at radius 3 is 2.93 bits per heavy atom. The summed E-state index contributed by atoms with van der Waals surface area (Å²) in [5.41, 5.74) is 0. The van der Waals surface area contributed by atoms with Crippen molar-refractivity contribution in [3.63, 3.8) is 0 Å². The lowest BCUT2D eigenvalue weighted by Crippen LogP contribution is -2.49. The van der Waals surface area contributed by atoms with Crippen LogP contribution < -0.4 is 5.32 Å². The molecule has 3 unspecified atom stereocenters.